The molecule has 1 N–H and O–H groups in total. The second-order valence-electron chi connectivity index (χ2n) is 6.21. The first-order valence-electron chi connectivity index (χ1n) is 7.86. The number of hydrogen-bond acceptors (Lipinski definition) is 4. The molecule has 2 rings (SSSR count). The average molecular weight is 286 g/mol. The molecule has 0 bridgehead atoms. The Morgan fingerprint density at radius 2 is 2.16 bits per heavy atom. The number of nitrogens with one attached hydrogen (secondary N) is 1. The Morgan fingerprint density at radius 1 is 1.37 bits per heavy atom. The van der Waals surface area contributed by atoms with Crippen molar-refractivity contribution in [3.8, 4) is 0 Å². The van der Waals surface area contributed by atoms with Crippen LogP contribution in [0.15, 0.2) is 0 Å². The summed E-state index contributed by atoms with van der Waals surface area (Å²) in [7, 11) is 0. The molecule has 2 aliphatic rings. The van der Waals surface area contributed by atoms with Crippen LogP contribution in [0.1, 0.15) is 33.1 Å². The predicted octanol–water partition coefficient (Wildman–Crippen LogP) is 2.22. The van der Waals surface area contributed by atoms with Gasteiger partial charge < -0.3 is 15.0 Å². The van der Waals surface area contributed by atoms with Crippen molar-refractivity contribution in [3.05, 3.63) is 0 Å². The zero-order valence-corrected chi connectivity index (χ0v) is 13.4. The fourth-order valence-corrected chi connectivity index (χ4v) is 4.32. The lowest BCUT2D eigenvalue weighted by molar-refractivity contribution is -0.00364. The van der Waals surface area contributed by atoms with Crippen molar-refractivity contribution in [1.29, 1.82) is 0 Å². The van der Waals surface area contributed by atoms with Gasteiger partial charge in [-0.05, 0) is 31.2 Å². The normalized spacial score (nSPS) is 28.4. The molecular weight excluding hydrogens is 256 g/mol. The zero-order valence-electron chi connectivity index (χ0n) is 12.6. The summed E-state index contributed by atoms with van der Waals surface area (Å²) in [6.07, 6.45) is 3.67. The highest BCUT2D eigenvalue weighted by Crippen LogP contribution is 2.32. The summed E-state index contributed by atoms with van der Waals surface area (Å²) >= 11 is 2.12. The molecule has 1 atom stereocenters. The molecule has 4 heteroatoms. The lowest BCUT2D eigenvalue weighted by Gasteiger charge is -2.43. The second kappa shape index (κ2) is 7.87. The van der Waals surface area contributed by atoms with Crippen molar-refractivity contribution in [2.75, 3.05) is 51.7 Å². The van der Waals surface area contributed by atoms with E-state index in [4.69, 9.17) is 4.74 Å². The number of thioether (sulfide) groups is 1. The molecule has 2 saturated heterocycles. The highest BCUT2D eigenvalue weighted by atomic mass is 32.2. The van der Waals surface area contributed by atoms with Gasteiger partial charge in [0.05, 0.1) is 0 Å². The molecular formula is C15H30N2OS. The van der Waals surface area contributed by atoms with Gasteiger partial charge >= 0.3 is 0 Å². The van der Waals surface area contributed by atoms with Gasteiger partial charge in [-0.1, -0.05) is 13.8 Å². The summed E-state index contributed by atoms with van der Waals surface area (Å²) in [5, 5.41) is 4.46. The molecule has 0 saturated carbocycles. The lowest BCUT2D eigenvalue weighted by Crippen LogP contribution is -2.50. The molecule has 112 valence electrons. The summed E-state index contributed by atoms with van der Waals surface area (Å²) < 4.78 is 5.59. The van der Waals surface area contributed by atoms with Gasteiger partial charge in [-0.15, -0.1) is 0 Å². The maximum Gasteiger partial charge on any atom is 0.0472 e. The quantitative estimate of drug-likeness (QED) is 0.757. The van der Waals surface area contributed by atoms with Crippen molar-refractivity contribution in [1.82, 2.24) is 10.2 Å². The van der Waals surface area contributed by atoms with Crippen LogP contribution in [0.2, 0.25) is 0 Å². The predicted molar refractivity (Wildman–Crippen MR) is 84.0 cm³/mol. The number of hydrogen-bond donors (Lipinski definition) is 1. The fraction of sp³-hybridized carbons (Fsp3) is 1.00. The molecule has 0 aromatic carbocycles. The van der Waals surface area contributed by atoms with Crippen LogP contribution in [-0.2, 0) is 4.74 Å². The number of nitrogens with zero attached hydrogens (tertiary/aromatic N) is 1. The second-order valence-corrected chi connectivity index (χ2v) is 7.75. The van der Waals surface area contributed by atoms with E-state index in [-0.39, 0.29) is 0 Å². The Kier molecular flexibility index (Phi) is 6.46. The van der Waals surface area contributed by atoms with Gasteiger partial charge in [0.25, 0.3) is 0 Å². The minimum atomic E-state index is 0.454. The lowest BCUT2D eigenvalue weighted by atomic mass is 9.79. The molecule has 2 heterocycles. The van der Waals surface area contributed by atoms with Crippen LogP contribution in [-0.4, -0.2) is 61.8 Å². The molecule has 0 spiro atoms. The largest absolute Gasteiger partial charge is 0.381 e. The Morgan fingerprint density at radius 3 is 2.84 bits per heavy atom. The fourth-order valence-electron chi connectivity index (χ4n) is 3.23. The van der Waals surface area contributed by atoms with Gasteiger partial charge in [0.15, 0.2) is 0 Å². The molecule has 0 amide bonds. The molecule has 2 fully saturated rings. The monoisotopic (exact) mass is 286 g/mol. The van der Waals surface area contributed by atoms with E-state index in [1.54, 1.807) is 0 Å². The first kappa shape index (κ1) is 15.6. The van der Waals surface area contributed by atoms with E-state index in [0.29, 0.717) is 5.41 Å². The van der Waals surface area contributed by atoms with Crippen molar-refractivity contribution in [3.63, 3.8) is 0 Å². The van der Waals surface area contributed by atoms with E-state index in [0.717, 1.165) is 25.0 Å². The summed E-state index contributed by atoms with van der Waals surface area (Å²) in [5.41, 5.74) is 0.454. The summed E-state index contributed by atoms with van der Waals surface area (Å²) in [6, 6.07) is 0. The highest BCUT2D eigenvalue weighted by Gasteiger charge is 2.35. The van der Waals surface area contributed by atoms with Crippen LogP contribution in [0.25, 0.3) is 0 Å². The van der Waals surface area contributed by atoms with Crippen molar-refractivity contribution in [2.24, 2.45) is 5.41 Å². The van der Waals surface area contributed by atoms with Gasteiger partial charge in [0, 0.05) is 50.4 Å². The first-order valence-corrected chi connectivity index (χ1v) is 8.91. The maximum atomic E-state index is 5.59. The molecule has 3 nitrogen and oxygen atoms in total. The minimum Gasteiger partial charge on any atom is -0.381 e. The molecule has 19 heavy (non-hydrogen) atoms. The maximum absolute atomic E-state index is 5.59. The standard InChI is InChI=1S/C15H30N2OS/c1-3-6-16-12-15(4-8-18-9-5-15)13-17-7-10-19-14(2)11-17/h14,16H,3-13H2,1-2H3. The third-order valence-electron chi connectivity index (χ3n) is 4.36. The van der Waals surface area contributed by atoms with Crippen molar-refractivity contribution >= 4 is 11.8 Å². The Bertz CT molecular complexity index is 257. The zero-order chi connectivity index (χ0) is 13.6. The van der Waals surface area contributed by atoms with E-state index in [1.807, 2.05) is 0 Å². The van der Waals surface area contributed by atoms with Gasteiger partial charge in [-0.25, -0.2) is 0 Å². The van der Waals surface area contributed by atoms with E-state index in [9.17, 15) is 0 Å². The van der Waals surface area contributed by atoms with Crippen LogP contribution < -0.4 is 5.32 Å². The smallest absolute Gasteiger partial charge is 0.0472 e. The van der Waals surface area contributed by atoms with Gasteiger partial charge in [-0.3, -0.25) is 0 Å². The third kappa shape index (κ3) is 4.92. The van der Waals surface area contributed by atoms with Gasteiger partial charge in [-0.2, -0.15) is 11.8 Å². The van der Waals surface area contributed by atoms with Crippen LogP contribution >= 0.6 is 11.8 Å². The van der Waals surface area contributed by atoms with Crippen LogP contribution in [0.3, 0.4) is 0 Å². The third-order valence-corrected chi connectivity index (χ3v) is 5.50. The molecule has 0 aromatic rings. The van der Waals surface area contributed by atoms with Gasteiger partial charge in [0.2, 0.25) is 0 Å². The molecule has 2 aliphatic heterocycles. The van der Waals surface area contributed by atoms with Crippen LogP contribution in [0.5, 0.6) is 0 Å². The molecule has 0 aromatic heterocycles. The Hall–Kier alpha value is 0.230. The minimum absolute atomic E-state index is 0.454. The topological polar surface area (TPSA) is 24.5 Å². The van der Waals surface area contributed by atoms with E-state index >= 15 is 0 Å². The number of ether oxygens (including phenoxy) is 1. The summed E-state index contributed by atoms with van der Waals surface area (Å²) in [5.74, 6) is 1.30. The highest BCUT2D eigenvalue weighted by molar-refractivity contribution is 7.99. The molecule has 0 radical (unpaired) electrons. The molecule has 1 unspecified atom stereocenters. The van der Waals surface area contributed by atoms with E-state index < -0.39 is 0 Å². The Balaban J connectivity index is 1.88. The van der Waals surface area contributed by atoms with Crippen LogP contribution in [0.4, 0.5) is 0 Å². The van der Waals surface area contributed by atoms with Crippen LogP contribution in [0, 0.1) is 5.41 Å². The first-order chi connectivity index (χ1) is 9.24. The number of rotatable bonds is 6. The summed E-state index contributed by atoms with van der Waals surface area (Å²) in [6.45, 7) is 12.6. The van der Waals surface area contributed by atoms with Crippen molar-refractivity contribution < 1.29 is 4.74 Å². The average Bonchev–Trinajstić information content (AvgIpc) is 2.40. The van der Waals surface area contributed by atoms with Crippen molar-refractivity contribution in [2.45, 2.75) is 38.4 Å². The molecule has 0 aliphatic carbocycles. The van der Waals surface area contributed by atoms with E-state index in [1.165, 1.54) is 51.2 Å². The SMILES string of the molecule is CCCNCC1(CN2CCSC(C)C2)CCOCC1. The van der Waals surface area contributed by atoms with Gasteiger partial charge in [0.1, 0.15) is 0 Å². The van der Waals surface area contributed by atoms with E-state index in [2.05, 4.69) is 35.8 Å². The summed E-state index contributed by atoms with van der Waals surface area (Å²) in [4.78, 5) is 2.69. The Labute approximate surface area is 122 Å².